The molecule has 28 heavy (non-hydrogen) atoms. The third-order valence-corrected chi connectivity index (χ3v) is 5.28. The maximum Gasteiger partial charge on any atom is 0.119 e. The monoisotopic (exact) mass is 369 g/mol. The van der Waals surface area contributed by atoms with Gasteiger partial charge < -0.3 is 4.74 Å². The number of ether oxygens (including phenoxy) is 1. The fourth-order valence-electron chi connectivity index (χ4n) is 3.83. The lowest BCUT2D eigenvalue weighted by Gasteiger charge is -2.11. The molecule has 2 heteroatoms. The number of hydrogen-bond acceptors (Lipinski definition) is 2. The Hall–Kier alpha value is -2.87. The second-order valence-corrected chi connectivity index (χ2v) is 7.76. The van der Waals surface area contributed by atoms with E-state index in [1.54, 1.807) is 0 Å². The van der Waals surface area contributed by atoms with Crippen LogP contribution in [0.4, 0.5) is 0 Å². The highest BCUT2D eigenvalue weighted by molar-refractivity contribution is 6.02. The molecule has 0 saturated heterocycles. The molecule has 3 aromatic carbocycles. The number of aliphatic imine (C=N–C) groups is 1. The summed E-state index contributed by atoms with van der Waals surface area (Å²) in [6.07, 6.45) is 2.33. The summed E-state index contributed by atoms with van der Waals surface area (Å²) >= 11 is 0. The van der Waals surface area contributed by atoms with E-state index in [1.807, 2.05) is 26.0 Å². The molecule has 0 N–H and O–H groups in total. The quantitative estimate of drug-likeness (QED) is 0.486. The Kier molecular flexibility index (Phi) is 5.29. The van der Waals surface area contributed by atoms with E-state index in [4.69, 9.17) is 9.73 Å². The van der Waals surface area contributed by atoms with Crippen molar-refractivity contribution in [2.24, 2.45) is 4.99 Å². The fourth-order valence-corrected chi connectivity index (χ4v) is 3.83. The highest BCUT2D eigenvalue weighted by Gasteiger charge is 2.21. The van der Waals surface area contributed by atoms with Crippen molar-refractivity contribution >= 4 is 5.71 Å². The summed E-state index contributed by atoms with van der Waals surface area (Å²) in [6, 6.07) is 26.0. The third-order valence-electron chi connectivity index (χ3n) is 5.28. The molecular weight excluding hydrogens is 342 g/mol. The van der Waals surface area contributed by atoms with Crippen molar-refractivity contribution in [1.29, 1.82) is 0 Å². The first kappa shape index (κ1) is 18.5. The first-order valence-electron chi connectivity index (χ1n) is 10.1. The van der Waals surface area contributed by atoms with Crippen LogP contribution >= 0.6 is 0 Å². The van der Waals surface area contributed by atoms with Crippen molar-refractivity contribution in [3.05, 3.63) is 89.5 Å². The van der Waals surface area contributed by atoms with Crippen LogP contribution in [0.1, 0.15) is 49.4 Å². The average Bonchev–Trinajstić information content (AvgIpc) is 3.19. The van der Waals surface area contributed by atoms with Gasteiger partial charge in [0.05, 0.1) is 12.1 Å². The van der Waals surface area contributed by atoms with Crippen molar-refractivity contribution in [2.75, 3.05) is 0 Å². The number of rotatable bonds is 5. The fraction of sp³-hybridized carbons (Fsp3) is 0.269. The van der Waals surface area contributed by atoms with Crippen molar-refractivity contribution in [1.82, 2.24) is 0 Å². The van der Waals surface area contributed by atoms with E-state index in [0.717, 1.165) is 18.6 Å². The van der Waals surface area contributed by atoms with Crippen LogP contribution in [0.5, 0.6) is 5.75 Å². The molecule has 1 atom stereocenters. The maximum atomic E-state index is 5.73. The Bertz CT molecular complexity index is 968. The van der Waals surface area contributed by atoms with E-state index in [2.05, 4.69) is 67.6 Å². The van der Waals surface area contributed by atoms with Gasteiger partial charge in [-0.3, -0.25) is 4.99 Å². The van der Waals surface area contributed by atoms with Crippen LogP contribution in [0.3, 0.4) is 0 Å². The number of hydrogen-bond donors (Lipinski definition) is 0. The van der Waals surface area contributed by atoms with Gasteiger partial charge in [0.15, 0.2) is 0 Å². The number of benzene rings is 3. The summed E-state index contributed by atoms with van der Waals surface area (Å²) < 4.78 is 5.73. The largest absolute Gasteiger partial charge is 0.491 e. The molecule has 2 nitrogen and oxygen atoms in total. The average molecular weight is 370 g/mol. The Morgan fingerprint density at radius 3 is 2.14 bits per heavy atom. The van der Waals surface area contributed by atoms with Crippen LogP contribution in [0, 0.1) is 6.92 Å². The molecule has 1 heterocycles. The van der Waals surface area contributed by atoms with Gasteiger partial charge in [0.1, 0.15) is 5.75 Å². The lowest BCUT2D eigenvalue weighted by atomic mass is 9.98. The van der Waals surface area contributed by atoms with E-state index >= 15 is 0 Å². The molecule has 0 spiro atoms. The molecule has 0 aromatic heterocycles. The normalized spacial score (nSPS) is 16.3. The summed E-state index contributed by atoms with van der Waals surface area (Å²) in [6.45, 7) is 6.25. The highest BCUT2D eigenvalue weighted by Crippen LogP contribution is 2.33. The topological polar surface area (TPSA) is 21.6 Å². The van der Waals surface area contributed by atoms with Crippen molar-refractivity contribution < 1.29 is 4.74 Å². The summed E-state index contributed by atoms with van der Waals surface area (Å²) in [4.78, 5) is 5.03. The molecule has 4 rings (SSSR count). The second-order valence-electron chi connectivity index (χ2n) is 7.76. The van der Waals surface area contributed by atoms with Crippen LogP contribution in [-0.4, -0.2) is 11.8 Å². The molecule has 1 unspecified atom stereocenters. The minimum atomic E-state index is 0.196. The molecular formula is C26H27NO. The van der Waals surface area contributed by atoms with Gasteiger partial charge in [-0.2, -0.15) is 0 Å². The lowest BCUT2D eigenvalue weighted by molar-refractivity contribution is 0.242. The third kappa shape index (κ3) is 4.01. The molecule has 1 aliphatic heterocycles. The minimum absolute atomic E-state index is 0.196. The predicted molar refractivity (Wildman–Crippen MR) is 117 cm³/mol. The Morgan fingerprint density at radius 2 is 1.50 bits per heavy atom. The van der Waals surface area contributed by atoms with Gasteiger partial charge in [0.25, 0.3) is 0 Å². The van der Waals surface area contributed by atoms with Gasteiger partial charge in [0, 0.05) is 5.71 Å². The van der Waals surface area contributed by atoms with E-state index < -0.39 is 0 Å². The maximum absolute atomic E-state index is 5.73. The van der Waals surface area contributed by atoms with Crippen LogP contribution in [0.25, 0.3) is 11.1 Å². The molecule has 0 fully saturated rings. The highest BCUT2D eigenvalue weighted by atomic mass is 16.5. The Morgan fingerprint density at radius 1 is 0.857 bits per heavy atom. The van der Waals surface area contributed by atoms with Gasteiger partial charge in [-0.05, 0) is 73.6 Å². The molecule has 0 amide bonds. The van der Waals surface area contributed by atoms with Crippen molar-refractivity contribution in [3.63, 3.8) is 0 Å². The number of aryl methyl sites for hydroxylation is 1. The smallest absolute Gasteiger partial charge is 0.119 e. The summed E-state index contributed by atoms with van der Waals surface area (Å²) in [7, 11) is 0. The van der Waals surface area contributed by atoms with Gasteiger partial charge in [-0.1, -0.05) is 60.7 Å². The van der Waals surface area contributed by atoms with Crippen LogP contribution < -0.4 is 4.74 Å². The zero-order valence-electron chi connectivity index (χ0n) is 16.9. The van der Waals surface area contributed by atoms with E-state index in [9.17, 15) is 0 Å². The minimum Gasteiger partial charge on any atom is -0.491 e. The van der Waals surface area contributed by atoms with Crippen LogP contribution in [-0.2, 0) is 0 Å². The lowest BCUT2D eigenvalue weighted by Crippen LogP contribution is -2.05. The number of nitrogens with zero attached hydrogens (tertiary/aromatic N) is 1. The molecule has 0 aliphatic carbocycles. The van der Waals surface area contributed by atoms with Crippen LogP contribution in [0.2, 0.25) is 0 Å². The molecule has 3 aromatic rings. The van der Waals surface area contributed by atoms with Crippen molar-refractivity contribution in [2.45, 2.75) is 45.8 Å². The zero-order valence-corrected chi connectivity index (χ0v) is 16.9. The summed E-state index contributed by atoms with van der Waals surface area (Å²) in [5.41, 5.74) is 7.58. The molecule has 0 saturated carbocycles. The van der Waals surface area contributed by atoms with Gasteiger partial charge in [-0.25, -0.2) is 0 Å². The first-order chi connectivity index (χ1) is 13.6. The summed E-state index contributed by atoms with van der Waals surface area (Å²) in [5.74, 6) is 0.916. The van der Waals surface area contributed by atoms with Gasteiger partial charge in [-0.15, -0.1) is 0 Å². The Labute approximate surface area is 167 Å². The van der Waals surface area contributed by atoms with E-state index in [1.165, 1.54) is 33.5 Å². The summed E-state index contributed by atoms with van der Waals surface area (Å²) in [5, 5.41) is 0. The molecule has 142 valence electrons. The standard InChI is InChI=1S/C26H27NO/c1-18(2)28-23-14-12-21(13-15-23)20-8-10-22(11-9-20)25-16-17-26(27-25)24-7-5-4-6-19(24)3/h4-15,18,25H,16-17H2,1-3H3. The molecule has 1 aliphatic rings. The van der Waals surface area contributed by atoms with Crippen molar-refractivity contribution in [3.8, 4) is 16.9 Å². The Balaban J connectivity index is 1.50. The van der Waals surface area contributed by atoms with Crippen LogP contribution in [0.15, 0.2) is 77.8 Å². The van der Waals surface area contributed by atoms with E-state index in [-0.39, 0.29) is 12.1 Å². The first-order valence-corrected chi connectivity index (χ1v) is 10.1. The van der Waals surface area contributed by atoms with Gasteiger partial charge >= 0.3 is 0 Å². The van der Waals surface area contributed by atoms with Gasteiger partial charge in [0.2, 0.25) is 0 Å². The second kappa shape index (κ2) is 8.02. The molecule has 0 radical (unpaired) electrons. The van der Waals surface area contributed by atoms with E-state index in [0.29, 0.717) is 0 Å². The SMILES string of the molecule is Cc1ccccc1C1=NC(c2ccc(-c3ccc(OC(C)C)cc3)cc2)CC1. The molecule has 0 bridgehead atoms. The zero-order chi connectivity index (χ0) is 19.5. The predicted octanol–water partition coefficient (Wildman–Crippen LogP) is 6.77.